The standard InChI is InChI=1S/C19H18N2O5/c1-11(22)20-7-5-13-12(9-20)10-21(18(23)17(13)19(24)25)15-3-2-4-16-14(15)6-8-26-16/h2-4,10H,5-9H2,1H3,(H,24,25). The van der Waals surface area contributed by atoms with Gasteiger partial charge in [-0.25, -0.2) is 4.79 Å². The van der Waals surface area contributed by atoms with Gasteiger partial charge in [-0.2, -0.15) is 0 Å². The number of carbonyl (C=O) groups excluding carboxylic acids is 1. The van der Waals surface area contributed by atoms with E-state index in [0.29, 0.717) is 55.1 Å². The van der Waals surface area contributed by atoms with Gasteiger partial charge in [0.1, 0.15) is 11.3 Å². The van der Waals surface area contributed by atoms with Crippen LogP contribution in [0.1, 0.15) is 34.0 Å². The molecule has 0 aliphatic carbocycles. The third kappa shape index (κ3) is 2.47. The van der Waals surface area contributed by atoms with Crippen LogP contribution in [0, 0.1) is 0 Å². The Labute approximate surface area is 149 Å². The second-order valence-corrected chi connectivity index (χ2v) is 6.53. The highest BCUT2D eigenvalue weighted by Crippen LogP contribution is 2.31. The van der Waals surface area contributed by atoms with Gasteiger partial charge in [0, 0.05) is 38.2 Å². The molecule has 0 spiro atoms. The Balaban J connectivity index is 1.95. The van der Waals surface area contributed by atoms with Crippen LogP contribution in [0.25, 0.3) is 5.69 Å². The van der Waals surface area contributed by atoms with Gasteiger partial charge in [0.05, 0.1) is 12.3 Å². The smallest absolute Gasteiger partial charge is 0.341 e. The van der Waals surface area contributed by atoms with E-state index in [-0.39, 0.29) is 11.5 Å². The summed E-state index contributed by atoms with van der Waals surface area (Å²) in [6.07, 6.45) is 2.70. The van der Waals surface area contributed by atoms with Gasteiger partial charge < -0.3 is 14.7 Å². The molecule has 0 atom stereocenters. The molecule has 1 N–H and O–H groups in total. The Morgan fingerprint density at radius 3 is 2.73 bits per heavy atom. The summed E-state index contributed by atoms with van der Waals surface area (Å²) in [6.45, 7) is 2.74. The van der Waals surface area contributed by atoms with E-state index in [1.165, 1.54) is 11.5 Å². The number of ether oxygens (including phenoxy) is 1. The summed E-state index contributed by atoms with van der Waals surface area (Å²) >= 11 is 0. The van der Waals surface area contributed by atoms with E-state index in [1.54, 1.807) is 23.2 Å². The van der Waals surface area contributed by atoms with E-state index >= 15 is 0 Å². The molecule has 2 aromatic rings. The Morgan fingerprint density at radius 1 is 1.19 bits per heavy atom. The molecule has 3 heterocycles. The Bertz CT molecular complexity index is 992. The molecule has 0 fully saturated rings. The Hall–Kier alpha value is -3.09. The van der Waals surface area contributed by atoms with Crippen LogP contribution in [0.4, 0.5) is 0 Å². The van der Waals surface area contributed by atoms with E-state index in [4.69, 9.17) is 4.74 Å². The maximum Gasteiger partial charge on any atom is 0.341 e. The molecule has 7 nitrogen and oxygen atoms in total. The number of amides is 1. The molecule has 7 heteroatoms. The third-order valence-electron chi connectivity index (χ3n) is 5.04. The van der Waals surface area contributed by atoms with Crippen LogP contribution in [0.3, 0.4) is 0 Å². The normalized spacial score (nSPS) is 15.2. The van der Waals surface area contributed by atoms with Gasteiger partial charge in [0.15, 0.2) is 0 Å². The first-order valence-electron chi connectivity index (χ1n) is 8.48. The number of carboxylic acids is 1. The quantitative estimate of drug-likeness (QED) is 0.880. The number of benzene rings is 1. The number of aromatic nitrogens is 1. The maximum atomic E-state index is 13.0. The molecule has 0 radical (unpaired) electrons. The molecule has 2 aliphatic heterocycles. The topological polar surface area (TPSA) is 88.8 Å². The van der Waals surface area contributed by atoms with Crippen molar-refractivity contribution in [3.05, 3.63) is 57.0 Å². The third-order valence-corrected chi connectivity index (χ3v) is 5.04. The number of hydrogen-bond acceptors (Lipinski definition) is 4. The lowest BCUT2D eigenvalue weighted by Gasteiger charge is -2.29. The SMILES string of the molecule is CC(=O)N1CCc2c(cn(-c3cccc4c3CCO4)c(=O)c2C(=O)O)C1. The summed E-state index contributed by atoms with van der Waals surface area (Å²) in [5.74, 6) is -0.589. The molecule has 26 heavy (non-hydrogen) atoms. The predicted octanol–water partition coefficient (Wildman–Crippen LogP) is 1.38. The van der Waals surface area contributed by atoms with Crippen molar-refractivity contribution in [2.24, 2.45) is 0 Å². The minimum Gasteiger partial charge on any atom is -0.493 e. The van der Waals surface area contributed by atoms with Crippen LogP contribution < -0.4 is 10.3 Å². The van der Waals surface area contributed by atoms with Gasteiger partial charge in [0.25, 0.3) is 5.56 Å². The van der Waals surface area contributed by atoms with Crippen LogP contribution in [-0.2, 0) is 24.2 Å². The van der Waals surface area contributed by atoms with Crippen LogP contribution in [0.5, 0.6) is 5.75 Å². The van der Waals surface area contributed by atoms with E-state index in [2.05, 4.69) is 0 Å². The lowest BCUT2D eigenvalue weighted by molar-refractivity contribution is -0.129. The molecular weight excluding hydrogens is 336 g/mol. The van der Waals surface area contributed by atoms with E-state index < -0.39 is 11.5 Å². The number of fused-ring (bicyclic) bond motifs is 2. The predicted molar refractivity (Wildman–Crippen MR) is 93.0 cm³/mol. The number of carbonyl (C=O) groups is 2. The van der Waals surface area contributed by atoms with Crippen molar-refractivity contribution in [2.45, 2.75) is 26.3 Å². The molecule has 1 amide bonds. The van der Waals surface area contributed by atoms with Crippen molar-refractivity contribution in [1.29, 1.82) is 0 Å². The fraction of sp³-hybridized carbons (Fsp3) is 0.316. The van der Waals surface area contributed by atoms with Crippen molar-refractivity contribution in [3.63, 3.8) is 0 Å². The van der Waals surface area contributed by atoms with Gasteiger partial charge in [-0.3, -0.25) is 14.2 Å². The van der Waals surface area contributed by atoms with Gasteiger partial charge in [-0.15, -0.1) is 0 Å². The van der Waals surface area contributed by atoms with Crippen molar-refractivity contribution in [3.8, 4) is 11.4 Å². The lowest BCUT2D eigenvalue weighted by atomic mass is 9.96. The molecule has 0 unspecified atom stereocenters. The lowest BCUT2D eigenvalue weighted by Crippen LogP contribution is -2.38. The zero-order valence-electron chi connectivity index (χ0n) is 14.3. The number of carboxylic acid groups (broad SMARTS) is 1. The number of pyridine rings is 1. The molecule has 0 saturated carbocycles. The molecule has 4 rings (SSSR count). The minimum atomic E-state index is -1.24. The summed E-state index contributed by atoms with van der Waals surface area (Å²) in [5, 5.41) is 9.64. The first kappa shape index (κ1) is 16.4. The highest BCUT2D eigenvalue weighted by Gasteiger charge is 2.28. The second kappa shape index (κ2) is 6.01. The molecule has 0 saturated heterocycles. The Morgan fingerprint density at radius 2 is 2.00 bits per heavy atom. The summed E-state index contributed by atoms with van der Waals surface area (Å²) in [7, 11) is 0. The van der Waals surface area contributed by atoms with Gasteiger partial charge in [-0.05, 0) is 29.7 Å². The van der Waals surface area contributed by atoms with Crippen LogP contribution in [0.2, 0.25) is 0 Å². The van der Waals surface area contributed by atoms with Crippen LogP contribution in [0.15, 0.2) is 29.2 Å². The molecule has 1 aromatic carbocycles. The van der Waals surface area contributed by atoms with Crippen molar-refractivity contribution in [2.75, 3.05) is 13.2 Å². The fourth-order valence-electron chi connectivity index (χ4n) is 3.75. The van der Waals surface area contributed by atoms with E-state index in [9.17, 15) is 19.5 Å². The van der Waals surface area contributed by atoms with E-state index in [1.807, 2.05) is 6.07 Å². The van der Waals surface area contributed by atoms with Gasteiger partial charge >= 0.3 is 5.97 Å². The zero-order chi connectivity index (χ0) is 18.4. The number of nitrogens with zero attached hydrogens (tertiary/aromatic N) is 2. The number of hydrogen-bond donors (Lipinski definition) is 1. The summed E-state index contributed by atoms with van der Waals surface area (Å²) in [4.78, 5) is 38.1. The van der Waals surface area contributed by atoms with Crippen molar-refractivity contribution in [1.82, 2.24) is 9.47 Å². The van der Waals surface area contributed by atoms with E-state index in [0.717, 1.165) is 5.56 Å². The van der Waals surface area contributed by atoms with Crippen LogP contribution in [-0.4, -0.2) is 39.6 Å². The fourth-order valence-corrected chi connectivity index (χ4v) is 3.75. The molecule has 134 valence electrons. The minimum absolute atomic E-state index is 0.0701. The highest BCUT2D eigenvalue weighted by molar-refractivity contribution is 5.89. The average molecular weight is 354 g/mol. The molecule has 1 aromatic heterocycles. The largest absolute Gasteiger partial charge is 0.493 e. The number of aromatic carboxylic acids is 1. The zero-order valence-corrected chi connectivity index (χ0v) is 14.3. The van der Waals surface area contributed by atoms with Crippen molar-refractivity contribution >= 4 is 11.9 Å². The monoisotopic (exact) mass is 354 g/mol. The second-order valence-electron chi connectivity index (χ2n) is 6.53. The molecule has 2 aliphatic rings. The van der Waals surface area contributed by atoms with Crippen LogP contribution >= 0.6 is 0 Å². The average Bonchev–Trinajstić information content (AvgIpc) is 3.09. The van der Waals surface area contributed by atoms with Gasteiger partial charge in [0.2, 0.25) is 5.91 Å². The molecular formula is C19H18N2O5. The summed E-state index contributed by atoms with van der Waals surface area (Å²) < 4.78 is 6.94. The maximum absolute atomic E-state index is 13.0. The first-order valence-corrected chi connectivity index (χ1v) is 8.48. The highest BCUT2D eigenvalue weighted by atomic mass is 16.5. The van der Waals surface area contributed by atoms with Gasteiger partial charge in [-0.1, -0.05) is 6.07 Å². The van der Waals surface area contributed by atoms with Crippen molar-refractivity contribution < 1.29 is 19.4 Å². The molecule has 0 bridgehead atoms. The number of rotatable bonds is 2. The Kier molecular flexibility index (Phi) is 3.79. The first-order chi connectivity index (χ1) is 12.5. The summed E-state index contributed by atoms with van der Waals surface area (Å²) in [6, 6.07) is 5.41. The summed E-state index contributed by atoms with van der Waals surface area (Å²) in [5.41, 5.74) is 2.00.